The van der Waals surface area contributed by atoms with Crippen LogP contribution in [-0.4, -0.2) is 48.4 Å². The Hall–Kier alpha value is -3.55. The summed E-state index contributed by atoms with van der Waals surface area (Å²) in [6.45, 7) is -0.132. The number of hydrogen-bond acceptors (Lipinski definition) is 7. The minimum absolute atomic E-state index is 0.106. The highest BCUT2D eigenvalue weighted by molar-refractivity contribution is 7.92. The molecule has 0 radical (unpaired) electrons. The number of nitrogens with one attached hydrogen (secondary N) is 1. The molecule has 0 aliphatic carbocycles. The van der Waals surface area contributed by atoms with Gasteiger partial charge in [0.15, 0.2) is 11.6 Å². The summed E-state index contributed by atoms with van der Waals surface area (Å²) in [5.74, 6) is -3.83. The fourth-order valence-corrected chi connectivity index (χ4v) is 5.80. The van der Waals surface area contributed by atoms with Crippen LogP contribution in [0, 0.1) is 16.4 Å². The number of hydrogen-bond donors (Lipinski definition) is 2. The van der Waals surface area contributed by atoms with E-state index < -0.39 is 45.2 Å². The first-order valence-corrected chi connectivity index (χ1v) is 11.7. The third kappa shape index (κ3) is 4.44. The number of urea groups is 1. The second kappa shape index (κ2) is 8.66. The van der Waals surface area contributed by atoms with Gasteiger partial charge >= 0.3 is 12.5 Å². The van der Waals surface area contributed by atoms with Crippen LogP contribution in [0.15, 0.2) is 40.9 Å². The van der Waals surface area contributed by atoms with Gasteiger partial charge in [-0.05, 0) is 29.8 Å². The quantitative estimate of drug-likeness (QED) is 0.518. The van der Waals surface area contributed by atoms with Crippen LogP contribution in [0.4, 0.5) is 22.4 Å². The van der Waals surface area contributed by atoms with Crippen molar-refractivity contribution in [1.82, 2.24) is 20.1 Å². The average molecular weight is 498 g/mol. The SMILES string of the molecule is N=S1(=O)CCN(C(N)=O)C(Cc2ccc(-c3nnc(C(F)F)o3)cn2)(c2ccc(F)c(F)c2)C1. The van der Waals surface area contributed by atoms with Gasteiger partial charge in [-0.2, -0.15) is 8.78 Å². The van der Waals surface area contributed by atoms with Crippen molar-refractivity contribution in [1.29, 1.82) is 4.78 Å². The molecule has 2 amide bonds. The molecule has 1 aliphatic rings. The molecule has 1 aromatic carbocycles. The van der Waals surface area contributed by atoms with Gasteiger partial charge in [-0.15, -0.1) is 10.2 Å². The fraction of sp³-hybridized carbons (Fsp3) is 0.300. The zero-order valence-corrected chi connectivity index (χ0v) is 18.2. The van der Waals surface area contributed by atoms with Gasteiger partial charge in [-0.3, -0.25) is 9.76 Å². The summed E-state index contributed by atoms with van der Waals surface area (Å²) in [4.78, 5) is 17.7. The summed E-state index contributed by atoms with van der Waals surface area (Å²) in [5.41, 5.74) is 4.69. The molecular formula is C20H18F4N6O3S. The van der Waals surface area contributed by atoms with E-state index in [1.807, 2.05) is 0 Å². The molecule has 0 spiro atoms. The van der Waals surface area contributed by atoms with E-state index in [-0.39, 0.29) is 41.5 Å². The van der Waals surface area contributed by atoms with E-state index in [9.17, 15) is 26.6 Å². The van der Waals surface area contributed by atoms with E-state index in [2.05, 4.69) is 15.2 Å². The number of benzene rings is 1. The molecule has 2 aromatic heterocycles. The summed E-state index contributed by atoms with van der Waals surface area (Å²) in [6, 6.07) is 5.04. The summed E-state index contributed by atoms with van der Waals surface area (Å²) in [6.07, 6.45) is -1.80. The largest absolute Gasteiger partial charge is 0.415 e. The van der Waals surface area contributed by atoms with Gasteiger partial charge in [0.2, 0.25) is 5.89 Å². The molecular weight excluding hydrogens is 480 g/mol. The molecule has 4 rings (SSSR count). The summed E-state index contributed by atoms with van der Waals surface area (Å²) in [7, 11) is -3.20. The highest BCUT2D eigenvalue weighted by Gasteiger charge is 2.47. The lowest BCUT2D eigenvalue weighted by molar-refractivity contribution is 0.116. The molecule has 2 unspecified atom stereocenters. The van der Waals surface area contributed by atoms with Crippen molar-refractivity contribution in [3.05, 3.63) is 65.3 Å². The van der Waals surface area contributed by atoms with Gasteiger partial charge in [0.25, 0.3) is 5.89 Å². The second-order valence-corrected chi connectivity index (χ2v) is 10.1. The molecule has 34 heavy (non-hydrogen) atoms. The van der Waals surface area contributed by atoms with Crippen molar-refractivity contribution in [2.45, 2.75) is 18.4 Å². The molecule has 3 heterocycles. The smallest absolute Gasteiger partial charge is 0.315 e. The van der Waals surface area contributed by atoms with Crippen LogP contribution < -0.4 is 5.73 Å². The summed E-state index contributed by atoms with van der Waals surface area (Å²) in [5, 5.41) is 6.79. The van der Waals surface area contributed by atoms with E-state index >= 15 is 0 Å². The number of nitrogens with two attached hydrogens (primary N) is 1. The third-order valence-electron chi connectivity index (χ3n) is 5.53. The monoisotopic (exact) mass is 498 g/mol. The van der Waals surface area contributed by atoms with Crippen LogP contribution in [0.3, 0.4) is 0 Å². The molecule has 1 fully saturated rings. The lowest BCUT2D eigenvalue weighted by Gasteiger charge is -2.47. The number of pyridine rings is 1. The van der Waals surface area contributed by atoms with Gasteiger partial charge in [-0.1, -0.05) is 6.07 Å². The molecule has 1 saturated heterocycles. The van der Waals surface area contributed by atoms with E-state index in [4.69, 9.17) is 14.9 Å². The minimum Gasteiger partial charge on any atom is -0.415 e. The normalized spacial score (nSPS) is 22.8. The van der Waals surface area contributed by atoms with Gasteiger partial charge in [0.05, 0.1) is 16.9 Å². The fourth-order valence-electron chi connectivity index (χ4n) is 3.98. The lowest BCUT2D eigenvalue weighted by atomic mass is 9.84. The molecule has 14 heteroatoms. The number of halogens is 4. The van der Waals surface area contributed by atoms with Crippen LogP contribution >= 0.6 is 0 Å². The Morgan fingerprint density at radius 3 is 2.59 bits per heavy atom. The molecule has 3 N–H and O–H groups in total. The minimum atomic E-state index is -3.20. The number of rotatable bonds is 5. The molecule has 180 valence electrons. The van der Waals surface area contributed by atoms with E-state index in [0.717, 1.165) is 12.1 Å². The Morgan fingerprint density at radius 1 is 1.24 bits per heavy atom. The van der Waals surface area contributed by atoms with Crippen molar-refractivity contribution >= 4 is 15.8 Å². The van der Waals surface area contributed by atoms with Gasteiger partial charge in [-0.25, -0.2) is 17.8 Å². The number of alkyl halides is 2. The lowest BCUT2D eigenvalue weighted by Crippen LogP contribution is -2.61. The Morgan fingerprint density at radius 2 is 2.00 bits per heavy atom. The van der Waals surface area contributed by atoms with Gasteiger partial charge < -0.3 is 15.1 Å². The Kier molecular flexibility index (Phi) is 6.02. The predicted molar refractivity (Wildman–Crippen MR) is 111 cm³/mol. The Labute approximate surface area is 191 Å². The van der Waals surface area contributed by atoms with Crippen molar-refractivity contribution in [2.75, 3.05) is 18.1 Å². The maximum absolute atomic E-state index is 14.1. The molecule has 3 aromatic rings. The topological polar surface area (TPSA) is 139 Å². The molecule has 0 bridgehead atoms. The van der Waals surface area contributed by atoms with Crippen LogP contribution in [0.2, 0.25) is 0 Å². The third-order valence-corrected chi connectivity index (χ3v) is 7.31. The molecule has 0 saturated carbocycles. The molecule has 9 nitrogen and oxygen atoms in total. The van der Waals surface area contributed by atoms with E-state index in [1.54, 1.807) is 0 Å². The molecule has 1 aliphatic heterocycles. The predicted octanol–water partition coefficient (Wildman–Crippen LogP) is 3.23. The maximum Gasteiger partial charge on any atom is 0.315 e. The van der Waals surface area contributed by atoms with E-state index in [1.165, 1.54) is 29.3 Å². The zero-order valence-electron chi connectivity index (χ0n) is 17.4. The van der Waals surface area contributed by atoms with Crippen LogP contribution in [0.25, 0.3) is 11.5 Å². The average Bonchev–Trinajstić information content (AvgIpc) is 3.26. The van der Waals surface area contributed by atoms with Crippen molar-refractivity contribution in [3.8, 4) is 11.5 Å². The number of nitrogens with zero attached hydrogens (tertiary/aromatic N) is 4. The van der Waals surface area contributed by atoms with Crippen LogP contribution in [-0.2, 0) is 21.7 Å². The molecule has 2 atom stereocenters. The first kappa shape index (κ1) is 23.6. The zero-order chi connectivity index (χ0) is 24.7. The van der Waals surface area contributed by atoms with E-state index in [0.29, 0.717) is 5.69 Å². The number of aromatic nitrogens is 3. The summed E-state index contributed by atoms with van der Waals surface area (Å²) >= 11 is 0. The van der Waals surface area contributed by atoms with Crippen molar-refractivity contribution in [3.63, 3.8) is 0 Å². The first-order valence-electron chi connectivity index (χ1n) is 9.84. The highest BCUT2D eigenvalue weighted by atomic mass is 32.2. The number of carbonyl (C=O) groups is 1. The maximum atomic E-state index is 14.1. The number of amides is 2. The van der Waals surface area contributed by atoms with Crippen LogP contribution in [0.1, 0.15) is 23.6 Å². The van der Waals surface area contributed by atoms with Crippen LogP contribution in [0.5, 0.6) is 0 Å². The number of primary amides is 1. The Balaban J connectivity index is 1.76. The first-order chi connectivity index (χ1) is 16.0. The van der Waals surface area contributed by atoms with Gasteiger partial charge in [0.1, 0.15) is 0 Å². The summed E-state index contributed by atoms with van der Waals surface area (Å²) < 4.78 is 79.1. The highest BCUT2D eigenvalue weighted by Crippen LogP contribution is 2.38. The Bertz CT molecular complexity index is 1330. The second-order valence-electron chi connectivity index (χ2n) is 7.77. The number of carbonyl (C=O) groups excluding carboxylic acids is 1. The van der Waals surface area contributed by atoms with Gasteiger partial charge in [0, 0.05) is 40.3 Å². The standard InChI is InChI=1S/C20H18F4N6O3S/c21-14-4-2-12(7-15(14)22)20(10-34(26,32)6-5-30(20)19(25)31)8-13-3-1-11(9-27-13)17-28-29-18(33-17)16(23)24/h1-4,7,9,16,26H,5-6,8,10H2,(H2,25,31). The van der Waals surface area contributed by atoms with Crippen molar-refractivity contribution in [2.24, 2.45) is 5.73 Å². The van der Waals surface area contributed by atoms with Crippen molar-refractivity contribution < 1.29 is 31.0 Å².